The molecule has 0 radical (unpaired) electrons. The van der Waals surface area contributed by atoms with E-state index in [2.05, 4.69) is 16.7 Å². The summed E-state index contributed by atoms with van der Waals surface area (Å²) < 4.78 is 0. The Morgan fingerprint density at radius 1 is 1.17 bits per heavy atom. The number of hydrogen-bond acceptors (Lipinski definition) is 1. The van der Waals surface area contributed by atoms with Crippen molar-refractivity contribution in [3.8, 4) is 0 Å². The maximum atomic E-state index is 2.90. The number of hydrogen-bond donors (Lipinski definition) is 2. The van der Waals surface area contributed by atoms with E-state index in [0.29, 0.717) is 0 Å². The van der Waals surface area contributed by atoms with Gasteiger partial charge in [-0.2, -0.15) is 0 Å². The number of likely N-dealkylation sites (N-methyl/N-ethyl adjacent to an activating group) is 1. The van der Waals surface area contributed by atoms with Crippen LogP contribution in [0.15, 0.2) is 24.4 Å². The Labute approximate surface area is 78.8 Å². The number of rotatable bonds is 4. The Morgan fingerprint density at radius 3 is 2.17 bits per heavy atom. The van der Waals surface area contributed by atoms with Gasteiger partial charge in [0.2, 0.25) is 0 Å². The van der Waals surface area contributed by atoms with E-state index in [-0.39, 0.29) is 22.3 Å². The summed E-state index contributed by atoms with van der Waals surface area (Å²) in [5.41, 5.74) is 0. The first kappa shape index (κ1) is 22.5. The normalized spacial score (nSPS) is 8.50. The van der Waals surface area contributed by atoms with Gasteiger partial charge in [-0.05, 0) is 18.4 Å². The molecule has 76 valence electrons. The van der Waals surface area contributed by atoms with Crippen molar-refractivity contribution in [1.82, 2.24) is 5.32 Å². The van der Waals surface area contributed by atoms with E-state index in [4.69, 9.17) is 0 Å². The fourth-order valence-corrected chi connectivity index (χ4v) is 0.445. The van der Waals surface area contributed by atoms with Crippen molar-refractivity contribution in [1.29, 1.82) is 0 Å². The van der Waals surface area contributed by atoms with Crippen LogP contribution in [0.3, 0.4) is 0 Å². The fourth-order valence-electron chi connectivity index (χ4n) is 0.445. The quantitative estimate of drug-likeness (QED) is 0.621. The Bertz CT molecular complexity index is 96.0. The predicted molar refractivity (Wildman–Crippen MR) is 60.2 cm³/mol. The maximum absolute atomic E-state index is 2.90. The van der Waals surface area contributed by atoms with Crippen molar-refractivity contribution in [2.24, 2.45) is 0 Å². The van der Waals surface area contributed by atoms with E-state index in [0.717, 1.165) is 6.54 Å². The first-order valence-electron chi connectivity index (χ1n) is 3.18. The molecule has 2 heteroatoms. The lowest BCUT2D eigenvalue weighted by Gasteiger charge is -1.82. The zero-order valence-electron chi connectivity index (χ0n) is 6.09. The standard InChI is InChI=1S/C7H14N2.3CH4/c1-8-6-4-3-5-7-9-2;;;/h3-6,8-9H,7H2,1-2H3;3*1H4/p+1. The average molecular weight is 175 g/mol. The van der Waals surface area contributed by atoms with Gasteiger partial charge in [-0.1, -0.05) is 28.4 Å². The van der Waals surface area contributed by atoms with Crippen LogP contribution in [-0.2, 0) is 0 Å². The minimum absolute atomic E-state index is 0. The highest BCUT2D eigenvalue weighted by Crippen LogP contribution is 1.69. The van der Waals surface area contributed by atoms with Crippen LogP contribution < -0.4 is 10.6 Å². The van der Waals surface area contributed by atoms with E-state index in [1.807, 2.05) is 32.4 Å². The van der Waals surface area contributed by atoms with Crippen LogP contribution >= 0.6 is 0 Å². The van der Waals surface area contributed by atoms with Crippen molar-refractivity contribution in [3.63, 3.8) is 0 Å². The molecule has 0 aromatic heterocycles. The molecule has 0 atom stereocenters. The highest BCUT2D eigenvalue weighted by Gasteiger charge is 1.68. The summed E-state index contributed by atoms with van der Waals surface area (Å²) in [6.45, 7) is 1.05. The lowest BCUT2D eigenvalue weighted by atomic mass is 10.5. The average Bonchev–Trinajstić information content (AvgIpc) is 1.89. The van der Waals surface area contributed by atoms with E-state index >= 15 is 0 Å². The third kappa shape index (κ3) is 22.8. The molecule has 0 heterocycles. The summed E-state index contributed by atoms with van der Waals surface area (Å²) in [6.07, 6.45) is 8.00. The zero-order chi connectivity index (χ0) is 6.95. The van der Waals surface area contributed by atoms with Gasteiger partial charge in [-0.15, -0.1) is 0 Å². The highest BCUT2D eigenvalue weighted by molar-refractivity contribution is 5.00. The second-order valence-corrected chi connectivity index (χ2v) is 1.72. The summed E-state index contributed by atoms with van der Waals surface area (Å²) in [5.74, 6) is 0. The number of allylic oxidation sites excluding steroid dienone is 2. The van der Waals surface area contributed by atoms with Gasteiger partial charge < -0.3 is 10.6 Å². The molecule has 0 aromatic rings. The fraction of sp³-hybridized carbons (Fsp3) is 0.600. The minimum atomic E-state index is 0. The maximum Gasteiger partial charge on any atom is 0.0943 e. The van der Waals surface area contributed by atoms with Crippen LogP contribution in [0, 0.1) is 0 Å². The van der Waals surface area contributed by atoms with E-state index in [9.17, 15) is 0 Å². The predicted octanol–water partition coefficient (Wildman–Crippen LogP) is 1.38. The van der Waals surface area contributed by atoms with Crippen LogP contribution in [0.1, 0.15) is 22.3 Å². The van der Waals surface area contributed by atoms with E-state index in [1.54, 1.807) is 0 Å². The lowest BCUT2D eigenvalue weighted by Crippen LogP contribution is -2.79. The molecule has 0 spiro atoms. The van der Waals surface area contributed by atoms with Crippen LogP contribution in [-0.4, -0.2) is 20.6 Å². The minimum Gasteiger partial charge on any atom is -0.394 e. The SMILES string of the molecule is C.C.C.CNC=CC=CC[NH2+]C. The summed E-state index contributed by atoms with van der Waals surface area (Å²) >= 11 is 0. The summed E-state index contributed by atoms with van der Waals surface area (Å²) in [7, 11) is 3.93. The van der Waals surface area contributed by atoms with Crippen LogP contribution in [0.5, 0.6) is 0 Å². The van der Waals surface area contributed by atoms with Gasteiger partial charge in [-0.3, -0.25) is 0 Å². The monoisotopic (exact) mass is 175 g/mol. The molecule has 0 saturated carbocycles. The van der Waals surface area contributed by atoms with Gasteiger partial charge in [0, 0.05) is 7.05 Å². The number of nitrogens with two attached hydrogens (primary N) is 1. The molecule has 0 unspecified atom stereocenters. The number of nitrogens with one attached hydrogen (secondary N) is 1. The third-order valence-corrected chi connectivity index (χ3v) is 0.882. The number of quaternary nitrogens is 1. The molecule has 0 fully saturated rings. The Kier molecular flexibility index (Phi) is 42.1. The largest absolute Gasteiger partial charge is 0.394 e. The smallest absolute Gasteiger partial charge is 0.0943 e. The van der Waals surface area contributed by atoms with Crippen molar-refractivity contribution < 1.29 is 5.32 Å². The zero-order valence-corrected chi connectivity index (χ0v) is 6.09. The molecule has 0 aromatic carbocycles. The third-order valence-electron chi connectivity index (χ3n) is 0.882. The Balaban J connectivity index is -0.000000107. The Morgan fingerprint density at radius 2 is 1.75 bits per heavy atom. The van der Waals surface area contributed by atoms with Crippen molar-refractivity contribution in [3.05, 3.63) is 24.4 Å². The van der Waals surface area contributed by atoms with Crippen molar-refractivity contribution in [2.45, 2.75) is 22.3 Å². The summed E-state index contributed by atoms with van der Waals surface area (Å²) in [6, 6.07) is 0. The second-order valence-electron chi connectivity index (χ2n) is 1.72. The molecular formula is C10H27N2+. The second kappa shape index (κ2) is 22.5. The van der Waals surface area contributed by atoms with Crippen LogP contribution in [0.4, 0.5) is 0 Å². The molecule has 12 heavy (non-hydrogen) atoms. The van der Waals surface area contributed by atoms with Gasteiger partial charge in [0.15, 0.2) is 0 Å². The van der Waals surface area contributed by atoms with Crippen LogP contribution in [0.25, 0.3) is 0 Å². The molecule has 0 rings (SSSR count). The summed E-state index contributed by atoms with van der Waals surface area (Å²) in [5, 5.41) is 5.02. The van der Waals surface area contributed by atoms with Crippen molar-refractivity contribution >= 4 is 0 Å². The topological polar surface area (TPSA) is 28.6 Å². The first-order valence-corrected chi connectivity index (χ1v) is 3.18. The molecule has 0 aliphatic heterocycles. The molecule has 0 amide bonds. The van der Waals surface area contributed by atoms with E-state index < -0.39 is 0 Å². The van der Waals surface area contributed by atoms with Gasteiger partial charge in [0.1, 0.15) is 0 Å². The molecule has 0 aliphatic carbocycles. The Hall–Kier alpha value is -0.760. The molecular weight excluding hydrogens is 148 g/mol. The first-order chi connectivity index (χ1) is 4.41. The highest BCUT2D eigenvalue weighted by atomic mass is 14.8. The summed E-state index contributed by atoms with van der Waals surface area (Å²) in [4.78, 5) is 0. The molecule has 0 saturated heterocycles. The molecule has 2 nitrogen and oxygen atoms in total. The van der Waals surface area contributed by atoms with Crippen LogP contribution in [0.2, 0.25) is 0 Å². The van der Waals surface area contributed by atoms with Crippen molar-refractivity contribution in [2.75, 3.05) is 20.6 Å². The van der Waals surface area contributed by atoms with Gasteiger partial charge in [0.25, 0.3) is 0 Å². The van der Waals surface area contributed by atoms with Gasteiger partial charge >= 0.3 is 0 Å². The molecule has 3 N–H and O–H groups in total. The van der Waals surface area contributed by atoms with Gasteiger partial charge in [-0.25, -0.2) is 0 Å². The molecule has 0 aliphatic rings. The van der Waals surface area contributed by atoms with E-state index in [1.165, 1.54) is 0 Å². The van der Waals surface area contributed by atoms with Gasteiger partial charge in [0.05, 0.1) is 13.6 Å². The lowest BCUT2D eigenvalue weighted by molar-refractivity contribution is -0.617. The molecule has 0 bridgehead atoms.